The Morgan fingerprint density at radius 1 is 1.17 bits per heavy atom. The zero-order valence-electron chi connectivity index (χ0n) is 9.10. The number of hydrogen-bond acceptors (Lipinski definition) is 2. The highest BCUT2D eigenvalue weighted by Crippen LogP contribution is 2.26. The van der Waals surface area contributed by atoms with Gasteiger partial charge in [-0.25, -0.2) is 4.39 Å². The van der Waals surface area contributed by atoms with E-state index < -0.39 is 11.6 Å². The summed E-state index contributed by atoms with van der Waals surface area (Å²) in [7, 11) is 0. The van der Waals surface area contributed by atoms with Crippen LogP contribution < -0.4 is 0 Å². The van der Waals surface area contributed by atoms with Crippen LogP contribution in [0.2, 0.25) is 5.02 Å². The van der Waals surface area contributed by atoms with E-state index in [9.17, 15) is 9.18 Å². The molecule has 18 heavy (non-hydrogen) atoms. The Labute approximate surface area is 107 Å². The van der Waals surface area contributed by atoms with Crippen LogP contribution in [-0.4, -0.2) is 5.78 Å². The summed E-state index contributed by atoms with van der Waals surface area (Å²) in [4.78, 5) is 15.1. The monoisotopic (exact) mass is 261 g/mol. The van der Waals surface area contributed by atoms with Crippen LogP contribution in [-0.2, 0) is 0 Å². The van der Waals surface area contributed by atoms with Crippen LogP contribution in [0.4, 0.5) is 10.1 Å². The van der Waals surface area contributed by atoms with Gasteiger partial charge in [-0.05, 0) is 24.3 Å². The van der Waals surface area contributed by atoms with Crippen molar-refractivity contribution >= 4 is 23.1 Å². The van der Waals surface area contributed by atoms with E-state index in [1.165, 1.54) is 36.4 Å². The van der Waals surface area contributed by atoms with Crippen molar-refractivity contribution in [1.82, 2.24) is 0 Å². The van der Waals surface area contributed by atoms with E-state index in [-0.39, 0.29) is 16.8 Å². The highest BCUT2D eigenvalue weighted by Gasteiger charge is 2.23. The largest absolute Gasteiger partial charge is 0.396 e. The minimum atomic E-state index is -0.633. The van der Waals surface area contributed by atoms with Crippen molar-refractivity contribution in [1.29, 1.82) is 5.39 Å². The number of carbonyl (C=O) groups excluding carboxylic acids is 1. The second-order valence-corrected chi connectivity index (χ2v) is 4.01. The summed E-state index contributed by atoms with van der Waals surface area (Å²) in [5, 5.41) is 9.12. The highest BCUT2D eigenvalue weighted by molar-refractivity contribution is 6.31. The van der Waals surface area contributed by atoms with E-state index in [0.29, 0.717) is 5.02 Å². The van der Waals surface area contributed by atoms with Crippen molar-refractivity contribution in [3.63, 3.8) is 0 Å². The van der Waals surface area contributed by atoms with Gasteiger partial charge in [-0.3, -0.25) is 4.79 Å². The fourth-order valence-electron chi connectivity index (χ4n) is 1.57. The van der Waals surface area contributed by atoms with Gasteiger partial charge in [0.05, 0.1) is 5.56 Å². The van der Waals surface area contributed by atoms with Gasteiger partial charge in [-0.15, -0.1) is 0 Å². The van der Waals surface area contributed by atoms with Crippen molar-refractivity contribution in [3.05, 3.63) is 69.4 Å². The fourth-order valence-corrected chi connectivity index (χ4v) is 1.74. The van der Waals surface area contributed by atoms with Gasteiger partial charge in [-0.2, -0.15) is 0 Å². The summed E-state index contributed by atoms with van der Waals surface area (Å²) >= 11 is 5.78. The second kappa shape index (κ2) is 4.94. The number of nitrogens with zero attached hydrogens (tertiary/aromatic N) is 2. The first kappa shape index (κ1) is 12.2. The molecule has 0 aliphatic carbocycles. The normalized spacial score (nSPS) is 9.83. The van der Waals surface area contributed by atoms with Gasteiger partial charge in [0.1, 0.15) is 11.4 Å². The maximum Gasteiger partial charge on any atom is 0.396 e. The lowest BCUT2D eigenvalue weighted by Gasteiger charge is -2.00. The van der Waals surface area contributed by atoms with Gasteiger partial charge in [0.2, 0.25) is 11.2 Å². The Morgan fingerprint density at radius 2 is 1.89 bits per heavy atom. The maximum absolute atomic E-state index is 13.5. The number of halogens is 2. The molecule has 3 nitrogen and oxygen atoms in total. The number of benzene rings is 2. The summed E-state index contributed by atoms with van der Waals surface area (Å²) in [6.07, 6.45) is 0. The lowest BCUT2D eigenvalue weighted by atomic mass is 10.0. The molecule has 88 valence electrons. The Morgan fingerprint density at radius 3 is 2.56 bits per heavy atom. The van der Waals surface area contributed by atoms with Crippen LogP contribution in [0.1, 0.15) is 15.9 Å². The minimum absolute atomic E-state index is 0.0488. The van der Waals surface area contributed by atoms with Crippen molar-refractivity contribution in [2.75, 3.05) is 0 Å². The Bertz CT molecular complexity index is 664. The lowest BCUT2D eigenvalue weighted by Crippen LogP contribution is -2.04. The number of diazo groups is 1. The molecule has 0 heterocycles. The molecule has 0 N–H and O–H groups in total. The molecule has 0 fully saturated rings. The number of hydrogen-bond donors (Lipinski definition) is 0. The molecule has 0 spiro atoms. The van der Waals surface area contributed by atoms with E-state index in [4.69, 9.17) is 17.0 Å². The SMILES string of the molecule is N#[N+]c1ccc(Cl)cc1C(=O)c1ccccc1F. The van der Waals surface area contributed by atoms with Gasteiger partial charge in [0.15, 0.2) is 4.98 Å². The summed E-state index contributed by atoms with van der Waals surface area (Å²) in [6, 6.07) is 9.79. The first-order valence-corrected chi connectivity index (χ1v) is 5.45. The molecule has 0 amide bonds. The zero-order valence-corrected chi connectivity index (χ0v) is 9.86. The molecule has 0 atom stereocenters. The van der Waals surface area contributed by atoms with Gasteiger partial charge >= 0.3 is 5.69 Å². The molecule has 5 heteroatoms. The summed E-state index contributed by atoms with van der Waals surface area (Å²) in [5.74, 6) is -1.21. The van der Waals surface area contributed by atoms with E-state index >= 15 is 0 Å². The highest BCUT2D eigenvalue weighted by atomic mass is 35.5. The van der Waals surface area contributed by atoms with E-state index in [1.54, 1.807) is 6.07 Å². The molecule has 0 saturated heterocycles. The lowest BCUT2D eigenvalue weighted by molar-refractivity contribution is 0.103. The van der Waals surface area contributed by atoms with Crippen LogP contribution in [0.5, 0.6) is 0 Å². The van der Waals surface area contributed by atoms with Gasteiger partial charge in [-0.1, -0.05) is 23.7 Å². The van der Waals surface area contributed by atoms with E-state index in [0.717, 1.165) is 0 Å². The number of carbonyl (C=O) groups is 1. The molecule has 0 aliphatic heterocycles. The van der Waals surface area contributed by atoms with Crippen LogP contribution >= 0.6 is 11.6 Å². The summed E-state index contributed by atoms with van der Waals surface area (Å²) in [6.45, 7) is 0. The zero-order chi connectivity index (χ0) is 13.1. The summed E-state index contributed by atoms with van der Waals surface area (Å²) < 4.78 is 13.5. The third-order valence-electron chi connectivity index (χ3n) is 2.43. The van der Waals surface area contributed by atoms with Gasteiger partial charge in [0, 0.05) is 11.1 Å². The quantitative estimate of drug-likeness (QED) is 0.601. The molecule has 2 rings (SSSR count). The molecule has 2 aromatic carbocycles. The first-order valence-electron chi connectivity index (χ1n) is 5.07. The maximum atomic E-state index is 13.5. The first-order chi connectivity index (χ1) is 8.63. The number of rotatable bonds is 2. The van der Waals surface area contributed by atoms with Gasteiger partial charge in [0.25, 0.3) is 0 Å². The Balaban J connectivity index is 2.57. The van der Waals surface area contributed by atoms with E-state index in [1.807, 2.05) is 0 Å². The Hall–Kier alpha value is -2.25. The molecule has 0 aliphatic rings. The van der Waals surface area contributed by atoms with Crippen LogP contribution in [0.15, 0.2) is 42.5 Å². The van der Waals surface area contributed by atoms with Crippen molar-refractivity contribution in [2.45, 2.75) is 0 Å². The third-order valence-corrected chi connectivity index (χ3v) is 2.66. The standard InChI is InChI=1S/C13H7ClFN2O/c14-8-5-6-12(17-16)10(7-8)13(18)9-3-1-2-4-11(9)15/h1-7H/q+1. The Kier molecular flexibility index (Phi) is 3.35. The molecule has 2 aromatic rings. The average Bonchev–Trinajstić information content (AvgIpc) is 2.38. The van der Waals surface area contributed by atoms with Crippen molar-refractivity contribution in [2.24, 2.45) is 0 Å². The minimum Gasteiger partial charge on any atom is -0.288 e. The molecular formula is C13H7ClFN2O+. The average molecular weight is 262 g/mol. The number of ketones is 1. The van der Waals surface area contributed by atoms with Gasteiger partial charge < -0.3 is 0 Å². The molecule has 0 saturated carbocycles. The predicted octanol–water partition coefficient (Wildman–Crippen LogP) is 4.19. The fraction of sp³-hybridized carbons (Fsp3) is 0. The van der Waals surface area contributed by atoms with Crippen molar-refractivity contribution < 1.29 is 9.18 Å². The smallest absolute Gasteiger partial charge is 0.288 e. The molecular weight excluding hydrogens is 255 g/mol. The van der Waals surface area contributed by atoms with Crippen molar-refractivity contribution in [3.8, 4) is 0 Å². The van der Waals surface area contributed by atoms with Crippen LogP contribution in [0, 0.1) is 11.2 Å². The van der Waals surface area contributed by atoms with Crippen LogP contribution in [0.25, 0.3) is 4.98 Å². The van der Waals surface area contributed by atoms with Crippen LogP contribution in [0.3, 0.4) is 0 Å². The molecule has 0 unspecified atom stereocenters. The van der Waals surface area contributed by atoms with E-state index in [2.05, 4.69) is 4.98 Å². The molecule has 0 radical (unpaired) electrons. The second-order valence-electron chi connectivity index (χ2n) is 3.57. The molecule has 0 bridgehead atoms. The third kappa shape index (κ3) is 2.22. The predicted molar refractivity (Wildman–Crippen MR) is 66.0 cm³/mol. The summed E-state index contributed by atoms with van der Waals surface area (Å²) in [5.41, 5.74) is 0.00687. The molecule has 0 aromatic heterocycles. The topological polar surface area (TPSA) is 45.2 Å².